The lowest BCUT2D eigenvalue weighted by Crippen LogP contribution is -2.30. The van der Waals surface area contributed by atoms with Gasteiger partial charge in [0, 0.05) is 24.2 Å². The molecule has 30 heavy (non-hydrogen) atoms. The Kier molecular flexibility index (Phi) is 6.08. The van der Waals surface area contributed by atoms with Crippen LogP contribution in [0.2, 0.25) is 0 Å². The first-order chi connectivity index (χ1) is 14.5. The SMILES string of the molecule is O=C(NNc1ncnc(NCc2ccccc2)c1[N+](=O)[O-])c1cccc([N+](=O)[O-])c1. The van der Waals surface area contributed by atoms with Crippen LogP contribution in [0.1, 0.15) is 15.9 Å². The summed E-state index contributed by atoms with van der Waals surface area (Å²) in [5.41, 5.74) is 4.78. The molecule has 0 radical (unpaired) electrons. The lowest BCUT2D eigenvalue weighted by Gasteiger charge is -2.11. The van der Waals surface area contributed by atoms with Gasteiger partial charge in [0.15, 0.2) is 0 Å². The molecule has 3 N–H and O–H groups in total. The van der Waals surface area contributed by atoms with Crippen molar-refractivity contribution in [1.29, 1.82) is 0 Å². The van der Waals surface area contributed by atoms with E-state index < -0.39 is 21.4 Å². The molecule has 12 nitrogen and oxygen atoms in total. The van der Waals surface area contributed by atoms with Crippen molar-refractivity contribution in [1.82, 2.24) is 15.4 Å². The van der Waals surface area contributed by atoms with Gasteiger partial charge >= 0.3 is 5.69 Å². The average molecular weight is 409 g/mol. The number of carbonyl (C=O) groups is 1. The second-order valence-corrected chi connectivity index (χ2v) is 5.90. The number of hydrazine groups is 1. The minimum atomic E-state index is -0.731. The van der Waals surface area contributed by atoms with Crippen LogP contribution >= 0.6 is 0 Å². The van der Waals surface area contributed by atoms with E-state index in [0.29, 0.717) is 0 Å². The van der Waals surface area contributed by atoms with E-state index in [-0.39, 0.29) is 29.4 Å². The summed E-state index contributed by atoms with van der Waals surface area (Å²) < 4.78 is 0. The number of nitrogens with zero attached hydrogens (tertiary/aromatic N) is 4. The molecule has 152 valence electrons. The van der Waals surface area contributed by atoms with Gasteiger partial charge in [-0.05, 0) is 11.6 Å². The third-order valence-corrected chi connectivity index (χ3v) is 3.92. The van der Waals surface area contributed by atoms with Crippen LogP contribution in [0.4, 0.5) is 23.0 Å². The highest BCUT2D eigenvalue weighted by atomic mass is 16.6. The zero-order valence-corrected chi connectivity index (χ0v) is 15.3. The fraction of sp³-hybridized carbons (Fsp3) is 0.0556. The van der Waals surface area contributed by atoms with Gasteiger partial charge in [-0.25, -0.2) is 9.97 Å². The van der Waals surface area contributed by atoms with Gasteiger partial charge in [-0.15, -0.1) is 0 Å². The summed E-state index contributed by atoms with van der Waals surface area (Å²) in [7, 11) is 0. The quantitative estimate of drug-likeness (QED) is 0.374. The zero-order valence-electron chi connectivity index (χ0n) is 15.3. The summed E-state index contributed by atoms with van der Waals surface area (Å²) in [5.74, 6) is -1.01. The van der Waals surface area contributed by atoms with Crippen LogP contribution in [-0.4, -0.2) is 25.7 Å². The summed E-state index contributed by atoms with van der Waals surface area (Å²) in [6, 6.07) is 14.3. The van der Waals surface area contributed by atoms with E-state index in [1.165, 1.54) is 18.2 Å². The monoisotopic (exact) mass is 409 g/mol. The fourth-order valence-electron chi connectivity index (χ4n) is 2.50. The highest BCUT2D eigenvalue weighted by molar-refractivity contribution is 5.95. The van der Waals surface area contributed by atoms with Gasteiger partial charge in [0.05, 0.1) is 9.85 Å². The Morgan fingerprint density at radius 1 is 0.933 bits per heavy atom. The van der Waals surface area contributed by atoms with Crippen molar-refractivity contribution >= 4 is 28.9 Å². The van der Waals surface area contributed by atoms with Crippen LogP contribution in [0.25, 0.3) is 0 Å². The highest BCUT2D eigenvalue weighted by Gasteiger charge is 2.23. The molecule has 12 heteroatoms. The second-order valence-electron chi connectivity index (χ2n) is 5.90. The Morgan fingerprint density at radius 3 is 2.37 bits per heavy atom. The molecule has 0 spiro atoms. The molecule has 3 aromatic rings. The molecule has 1 heterocycles. The third kappa shape index (κ3) is 4.81. The first-order valence-corrected chi connectivity index (χ1v) is 8.53. The van der Waals surface area contributed by atoms with Gasteiger partial charge in [-0.3, -0.25) is 35.9 Å². The smallest absolute Gasteiger partial charge is 0.354 e. The molecule has 1 aromatic heterocycles. The predicted molar refractivity (Wildman–Crippen MR) is 107 cm³/mol. The number of rotatable bonds is 8. The van der Waals surface area contributed by atoms with Crippen LogP contribution in [0, 0.1) is 20.2 Å². The predicted octanol–water partition coefficient (Wildman–Crippen LogP) is 2.66. The third-order valence-electron chi connectivity index (χ3n) is 3.92. The van der Waals surface area contributed by atoms with Crippen LogP contribution in [-0.2, 0) is 6.54 Å². The molecule has 0 atom stereocenters. The van der Waals surface area contributed by atoms with Crippen LogP contribution in [0.15, 0.2) is 60.9 Å². The van der Waals surface area contributed by atoms with Crippen LogP contribution in [0.3, 0.4) is 0 Å². The van der Waals surface area contributed by atoms with Crippen molar-refractivity contribution in [2.75, 3.05) is 10.7 Å². The van der Waals surface area contributed by atoms with E-state index in [4.69, 9.17) is 0 Å². The topological polar surface area (TPSA) is 165 Å². The zero-order chi connectivity index (χ0) is 21.5. The van der Waals surface area contributed by atoms with Gasteiger partial charge in [-0.2, -0.15) is 0 Å². The maximum atomic E-state index is 12.2. The summed E-state index contributed by atoms with van der Waals surface area (Å²) >= 11 is 0. The Hall–Kier alpha value is -4.61. The number of benzene rings is 2. The molecule has 2 aromatic carbocycles. The standard InChI is InChI=1S/C18H15N7O5/c26-18(13-7-4-8-14(9-13)24(27)28)23-22-17-15(25(29)30)16(20-11-21-17)19-10-12-5-2-1-3-6-12/h1-9,11H,10H2,(H,23,26)(H2,19,20,21,22). The molecule has 0 fully saturated rings. The van der Waals surface area contributed by atoms with Gasteiger partial charge in [0.25, 0.3) is 11.6 Å². The number of non-ortho nitro benzene ring substituents is 1. The molecule has 1 amide bonds. The number of nitro benzene ring substituents is 1. The molecule has 0 aliphatic carbocycles. The lowest BCUT2D eigenvalue weighted by molar-refractivity contribution is -0.384. The van der Waals surface area contributed by atoms with Crippen LogP contribution in [0.5, 0.6) is 0 Å². The number of hydrogen-bond acceptors (Lipinski definition) is 9. The molecule has 0 saturated carbocycles. The first kappa shape index (κ1) is 20.1. The molecule has 3 rings (SSSR count). The number of carbonyl (C=O) groups excluding carboxylic acids is 1. The number of nitrogens with one attached hydrogen (secondary N) is 3. The lowest BCUT2D eigenvalue weighted by atomic mass is 10.2. The average Bonchev–Trinajstić information content (AvgIpc) is 2.76. The van der Waals surface area contributed by atoms with E-state index in [0.717, 1.165) is 18.0 Å². The van der Waals surface area contributed by atoms with Gasteiger partial charge in [-0.1, -0.05) is 36.4 Å². The molecule has 0 aliphatic rings. The Labute approximate surface area is 169 Å². The van der Waals surface area contributed by atoms with Crippen LogP contribution < -0.4 is 16.2 Å². The van der Waals surface area contributed by atoms with Gasteiger partial charge in [0.1, 0.15) is 6.33 Å². The van der Waals surface area contributed by atoms with E-state index in [1.54, 1.807) is 0 Å². The van der Waals surface area contributed by atoms with Crippen molar-refractivity contribution in [3.05, 3.63) is 92.3 Å². The summed E-state index contributed by atoms with van der Waals surface area (Å²) in [6.45, 7) is 0.290. The van der Waals surface area contributed by atoms with Gasteiger partial charge < -0.3 is 5.32 Å². The normalized spacial score (nSPS) is 10.1. The van der Waals surface area contributed by atoms with Crippen molar-refractivity contribution in [3.63, 3.8) is 0 Å². The molecule has 0 saturated heterocycles. The van der Waals surface area contributed by atoms with Crippen molar-refractivity contribution in [3.8, 4) is 0 Å². The Bertz CT molecular complexity index is 1090. The maximum absolute atomic E-state index is 12.2. The summed E-state index contributed by atoms with van der Waals surface area (Å²) in [5, 5.41) is 25.3. The number of amides is 1. The van der Waals surface area contributed by atoms with E-state index in [1.807, 2.05) is 30.3 Å². The summed E-state index contributed by atoms with van der Waals surface area (Å²) in [4.78, 5) is 41.0. The second kappa shape index (κ2) is 9.05. The Balaban J connectivity index is 1.75. The minimum Gasteiger partial charge on any atom is -0.360 e. The van der Waals surface area contributed by atoms with Gasteiger partial charge in [0.2, 0.25) is 11.6 Å². The molecular weight excluding hydrogens is 394 g/mol. The van der Waals surface area contributed by atoms with E-state index in [9.17, 15) is 25.0 Å². The number of aromatic nitrogens is 2. The molecule has 0 unspecified atom stereocenters. The first-order valence-electron chi connectivity index (χ1n) is 8.53. The molecule has 0 aliphatic heterocycles. The maximum Gasteiger partial charge on any atom is 0.354 e. The van der Waals surface area contributed by atoms with E-state index >= 15 is 0 Å². The van der Waals surface area contributed by atoms with Crippen molar-refractivity contribution < 1.29 is 14.6 Å². The summed E-state index contributed by atoms with van der Waals surface area (Å²) in [6.07, 6.45) is 1.10. The fourth-order valence-corrected chi connectivity index (χ4v) is 2.50. The van der Waals surface area contributed by atoms with Crippen molar-refractivity contribution in [2.45, 2.75) is 6.54 Å². The molecule has 0 bridgehead atoms. The number of hydrogen-bond donors (Lipinski definition) is 3. The van der Waals surface area contributed by atoms with Crippen molar-refractivity contribution in [2.24, 2.45) is 0 Å². The largest absolute Gasteiger partial charge is 0.360 e. The minimum absolute atomic E-state index is 0.00386. The number of anilines is 2. The van der Waals surface area contributed by atoms with E-state index in [2.05, 4.69) is 26.1 Å². The molecular formula is C18H15N7O5. The highest BCUT2D eigenvalue weighted by Crippen LogP contribution is 2.28. The number of nitro groups is 2. The Morgan fingerprint density at radius 2 is 1.67 bits per heavy atom.